The van der Waals surface area contributed by atoms with Crippen LogP contribution in [0.25, 0.3) is 0 Å². The van der Waals surface area contributed by atoms with Gasteiger partial charge in [0, 0.05) is 24.2 Å². The molecule has 96 valence electrons. The van der Waals surface area contributed by atoms with E-state index in [2.05, 4.69) is 11.0 Å². The van der Waals surface area contributed by atoms with Crippen LogP contribution in [-0.4, -0.2) is 29.2 Å². The third kappa shape index (κ3) is 3.02. The van der Waals surface area contributed by atoms with Crippen molar-refractivity contribution in [3.63, 3.8) is 0 Å². The molecule has 0 aromatic heterocycles. The first kappa shape index (κ1) is 13.4. The molecule has 1 aromatic carbocycles. The van der Waals surface area contributed by atoms with Crippen molar-refractivity contribution in [3.8, 4) is 6.07 Å². The zero-order valence-corrected chi connectivity index (χ0v) is 11.0. The fourth-order valence-electron chi connectivity index (χ4n) is 2.23. The number of nitriles is 1. The first-order chi connectivity index (χ1) is 8.74. The highest BCUT2D eigenvalue weighted by atomic mass is 35.5. The molecule has 0 heterocycles. The Bertz CT molecular complexity index is 452. The molecule has 1 saturated carbocycles. The monoisotopic (exact) mass is 264 g/mol. The molecule has 0 radical (unpaired) electrons. The van der Waals surface area contributed by atoms with Gasteiger partial charge >= 0.3 is 0 Å². The number of hydrogen-bond acceptors (Lipinski definition) is 3. The van der Waals surface area contributed by atoms with Crippen LogP contribution in [0, 0.1) is 11.3 Å². The van der Waals surface area contributed by atoms with Gasteiger partial charge in [-0.3, -0.25) is 4.90 Å². The van der Waals surface area contributed by atoms with Crippen molar-refractivity contribution in [2.45, 2.75) is 31.8 Å². The lowest BCUT2D eigenvalue weighted by atomic mass is 9.91. The van der Waals surface area contributed by atoms with Crippen LogP contribution in [0.4, 0.5) is 0 Å². The van der Waals surface area contributed by atoms with Gasteiger partial charge in [0.2, 0.25) is 0 Å². The molecule has 0 unspecified atom stereocenters. The van der Waals surface area contributed by atoms with Crippen molar-refractivity contribution in [1.82, 2.24) is 4.90 Å². The molecule has 1 aliphatic rings. The minimum Gasteiger partial charge on any atom is -0.395 e. The van der Waals surface area contributed by atoms with Crippen LogP contribution >= 0.6 is 11.6 Å². The van der Waals surface area contributed by atoms with E-state index in [1.165, 1.54) is 19.3 Å². The first-order valence-corrected chi connectivity index (χ1v) is 6.66. The molecule has 0 bridgehead atoms. The normalized spacial score (nSPS) is 15.4. The second-order valence-corrected chi connectivity index (χ2v) is 5.10. The van der Waals surface area contributed by atoms with E-state index in [1.807, 2.05) is 6.07 Å². The Morgan fingerprint density at radius 3 is 2.72 bits per heavy atom. The summed E-state index contributed by atoms with van der Waals surface area (Å²) in [4.78, 5) is 2.27. The number of aliphatic hydroxyl groups excluding tert-OH is 1. The maximum absolute atomic E-state index is 9.12. The van der Waals surface area contributed by atoms with Gasteiger partial charge in [0.15, 0.2) is 0 Å². The lowest BCUT2D eigenvalue weighted by Gasteiger charge is -2.37. The van der Waals surface area contributed by atoms with Gasteiger partial charge < -0.3 is 5.11 Å². The highest BCUT2D eigenvalue weighted by Gasteiger charge is 2.24. The fraction of sp³-hybridized carbons (Fsp3) is 0.500. The predicted molar refractivity (Wildman–Crippen MR) is 71.3 cm³/mol. The Hall–Kier alpha value is -1.08. The van der Waals surface area contributed by atoms with E-state index >= 15 is 0 Å². The molecule has 0 aliphatic heterocycles. The van der Waals surface area contributed by atoms with Gasteiger partial charge in [0.05, 0.1) is 18.2 Å². The van der Waals surface area contributed by atoms with Crippen LogP contribution in [0.15, 0.2) is 18.2 Å². The Kier molecular flexibility index (Phi) is 4.60. The van der Waals surface area contributed by atoms with E-state index in [4.69, 9.17) is 22.0 Å². The summed E-state index contributed by atoms with van der Waals surface area (Å²) in [6.07, 6.45) is 3.68. The molecule has 1 aromatic rings. The fourth-order valence-corrected chi connectivity index (χ4v) is 2.48. The molecule has 2 rings (SSSR count). The summed E-state index contributed by atoms with van der Waals surface area (Å²) >= 11 is 6.18. The van der Waals surface area contributed by atoms with E-state index in [0.29, 0.717) is 23.2 Å². The average Bonchev–Trinajstić information content (AvgIpc) is 2.29. The van der Waals surface area contributed by atoms with Gasteiger partial charge in [0.25, 0.3) is 0 Å². The van der Waals surface area contributed by atoms with Gasteiger partial charge in [-0.25, -0.2) is 0 Å². The Morgan fingerprint density at radius 2 is 2.22 bits per heavy atom. The average molecular weight is 265 g/mol. The number of nitrogens with zero attached hydrogens (tertiary/aromatic N) is 2. The number of aliphatic hydroxyl groups is 1. The molecule has 0 saturated heterocycles. The summed E-state index contributed by atoms with van der Waals surface area (Å²) in [5, 5.41) is 18.6. The molecule has 1 aliphatic carbocycles. The van der Waals surface area contributed by atoms with Crippen LogP contribution < -0.4 is 0 Å². The largest absolute Gasteiger partial charge is 0.395 e. The number of halogens is 1. The van der Waals surface area contributed by atoms with Crippen LogP contribution in [0.2, 0.25) is 5.02 Å². The highest BCUT2D eigenvalue weighted by molar-refractivity contribution is 6.31. The summed E-state index contributed by atoms with van der Waals surface area (Å²) in [7, 11) is 0. The van der Waals surface area contributed by atoms with Crippen LogP contribution in [0.3, 0.4) is 0 Å². The van der Waals surface area contributed by atoms with Crippen molar-refractivity contribution in [2.24, 2.45) is 0 Å². The maximum atomic E-state index is 9.12. The van der Waals surface area contributed by atoms with Gasteiger partial charge in [-0.1, -0.05) is 24.1 Å². The second kappa shape index (κ2) is 6.19. The molecule has 0 spiro atoms. The van der Waals surface area contributed by atoms with Crippen molar-refractivity contribution in [3.05, 3.63) is 34.3 Å². The van der Waals surface area contributed by atoms with E-state index in [0.717, 1.165) is 12.1 Å². The van der Waals surface area contributed by atoms with Crippen molar-refractivity contribution in [1.29, 1.82) is 5.26 Å². The molecule has 1 fully saturated rings. The van der Waals surface area contributed by atoms with Crippen molar-refractivity contribution in [2.75, 3.05) is 13.2 Å². The molecular formula is C14H17ClN2O. The summed E-state index contributed by atoms with van der Waals surface area (Å²) in [6, 6.07) is 8.05. The summed E-state index contributed by atoms with van der Waals surface area (Å²) in [6.45, 7) is 1.60. The van der Waals surface area contributed by atoms with Crippen molar-refractivity contribution < 1.29 is 5.11 Å². The quantitative estimate of drug-likeness (QED) is 0.889. The van der Waals surface area contributed by atoms with Crippen LogP contribution in [0.1, 0.15) is 30.4 Å². The number of benzene rings is 1. The highest BCUT2D eigenvalue weighted by Crippen LogP contribution is 2.27. The smallest absolute Gasteiger partial charge is 0.0992 e. The van der Waals surface area contributed by atoms with Crippen LogP contribution in [0.5, 0.6) is 0 Å². The van der Waals surface area contributed by atoms with E-state index in [9.17, 15) is 0 Å². The molecule has 1 N–H and O–H groups in total. The van der Waals surface area contributed by atoms with E-state index in [-0.39, 0.29) is 6.61 Å². The third-order valence-electron chi connectivity index (χ3n) is 3.53. The molecule has 0 amide bonds. The van der Waals surface area contributed by atoms with Gasteiger partial charge in [-0.05, 0) is 30.5 Å². The van der Waals surface area contributed by atoms with E-state index in [1.54, 1.807) is 12.1 Å². The molecular weight excluding hydrogens is 248 g/mol. The predicted octanol–water partition coefficient (Wildman–Crippen LogP) is 2.56. The maximum Gasteiger partial charge on any atom is 0.0992 e. The summed E-state index contributed by atoms with van der Waals surface area (Å²) < 4.78 is 0. The van der Waals surface area contributed by atoms with Crippen molar-refractivity contribution >= 4 is 11.6 Å². The standard InChI is InChI=1S/C14H17ClN2O/c15-14-8-11(9-16)4-5-12(14)10-17(6-7-18)13-2-1-3-13/h4-5,8,13,18H,1-3,6-7,10H2. The molecule has 3 nitrogen and oxygen atoms in total. The zero-order valence-electron chi connectivity index (χ0n) is 10.3. The van der Waals surface area contributed by atoms with E-state index < -0.39 is 0 Å². The lowest BCUT2D eigenvalue weighted by Crippen LogP contribution is -2.41. The second-order valence-electron chi connectivity index (χ2n) is 4.70. The van der Waals surface area contributed by atoms with Crippen LogP contribution in [-0.2, 0) is 6.54 Å². The van der Waals surface area contributed by atoms with Gasteiger partial charge in [-0.2, -0.15) is 5.26 Å². The summed E-state index contributed by atoms with van der Waals surface area (Å²) in [5.41, 5.74) is 1.61. The third-order valence-corrected chi connectivity index (χ3v) is 3.89. The molecule has 0 atom stereocenters. The SMILES string of the molecule is N#Cc1ccc(CN(CCO)C2CCC2)c(Cl)c1. The zero-order chi connectivity index (χ0) is 13.0. The molecule has 4 heteroatoms. The Labute approximate surface area is 113 Å². The minimum absolute atomic E-state index is 0.171. The van der Waals surface area contributed by atoms with Gasteiger partial charge in [-0.15, -0.1) is 0 Å². The number of hydrogen-bond donors (Lipinski definition) is 1. The van der Waals surface area contributed by atoms with Gasteiger partial charge in [0.1, 0.15) is 0 Å². The first-order valence-electron chi connectivity index (χ1n) is 6.28. The Balaban J connectivity index is 2.08. The number of rotatable bonds is 5. The Morgan fingerprint density at radius 1 is 1.44 bits per heavy atom. The summed E-state index contributed by atoms with van der Waals surface area (Å²) in [5.74, 6) is 0. The lowest BCUT2D eigenvalue weighted by molar-refractivity contribution is 0.0946. The topological polar surface area (TPSA) is 47.3 Å². The minimum atomic E-state index is 0.171. The molecule has 18 heavy (non-hydrogen) atoms.